The Hall–Kier alpha value is -1.08. The summed E-state index contributed by atoms with van der Waals surface area (Å²) in [7, 11) is 0. The Kier molecular flexibility index (Phi) is 4.20. The van der Waals surface area contributed by atoms with E-state index < -0.39 is 0 Å². The van der Waals surface area contributed by atoms with Gasteiger partial charge in [0.05, 0.1) is 0 Å². The zero-order valence-electron chi connectivity index (χ0n) is 14.1. The van der Waals surface area contributed by atoms with Gasteiger partial charge in [0.15, 0.2) is 0 Å². The van der Waals surface area contributed by atoms with Crippen LogP contribution in [0.3, 0.4) is 0 Å². The molecule has 2 aromatic rings. The summed E-state index contributed by atoms with van der Waals surface area (Å²) < 4.78 is 1.27. The van der Waals surface area contributed by atoms with Gasteiger partial charge in [0.2, 0.25) is 0 Å². The molecule has 0 aliphatic heterocycles. The lowest BCUT2D eigenvalue weighted by atomic mass is 9.82. The molecule has 0 unspecified atom stereocenters. The second kappa shape index (κ2) is 5.85. The third-order valence-corrected chi connectivity index (χ3v) is 5.69. The third kappa shape index (κ3) is 3.15. The molecular weight excluding hydrogens is 332 g/mol. The maximum absolute atomic E-state index is 3.75. The van der Waals surface area contributed by atoms with Crippen LogP contribution in [0.15, 0.2) is 34.8 Å². The molecule has 0 amide bonds. The van der Waals surface area contributed by atoms with E-state index in [-0.39, 0.29) is 5.41 Å². The molecule has 0 saturated carbocycles. The highest BCUT2D eigenvalue weighted by molar-refractivity contribution is 9.10. The highest BCUT2D eigenvalue weighted by atomic mass is 79.9. The van der Waals surface area contributed by atoms with Crippen LogP contribution in [0.2, 0.25) is 0 Å². The van der Waals surface area contributed by atoms with Gasteiger partial charge in [0, 0.05) is 4.47 Å². The van der Waals surface area contributed by atoms with Gasteiger partial charge in [-0.25, -0.2) is 0 Å². The molecule has 0 N–H and O–H groups in total. The van der Waals surface area contributed by atoms with Crippen LogP contribution < -0.4 is 0 Å². The summed E-state index contributed by atoms with van der Waals surface area (Å²) in [6.07, 6.45) is 4.48. The van der Waals surface area contributed by atoms with Crippen molar-refractivity contribution < 1.29 is 0 Å². The molecule has 116 valence electrons. The van der Waals surface area contributed by atoms with Crippen molar-refractivity contribution in [3.63, 3.8) is 0 Å². The molecule has 2 aliphatic carbocycles. The van der Waals surface area contributed by atoms with Gasteiger partial charge in [-0.1, -0.05) is 61.0 Å². The van der Waals surface area contributed by atoms with Crippen LogP contribution in [0.1, 0.15) is 54.2 Å². The largest absolute Gasteiger partial charge is 0.0587 e. The van der Waals surface area contributed by atoms with Crippen molar-refractivity contribution in [3.05, 3.63) is 68.2 Å². The first-order valence-electron chi connectivity index (χ1n) is 8.25. The number of halogens is 1. The van der Waals surface area contributed by atoms with Crippen LogP contribution in [0.25, 0.3) is 0 Å². The van der Waals surface area contributed by atoms with Gasteiger partial charge in [-0.2, -0.15) is 0 Å². The highest BCUT2D eigenvalue weighted by Gasteiger charge is 2.18. The Balaban J connectivity index is 2.10. The van der Waals surface area contributed by atoms with E-state index in [9.17, 15) is 0 Å². The van der Waals surface area contributed by atoms with E-state index in [1.54, 1.807) is 0 Å². The van der Waals surface area contributed by atoms with Crippen molar-refractivity contribution in [3.8, 4) is 0 Å². The fourth-order valence-corrected chi connectivity index (χ4v) is 3.91. The summed E-state index contributed by atoms with van der Waals surface area (Å²) in [5.41, 5.74) is 9.11. The molecule has 1 heteroatoms. The third-order valence-electron chi connectivity index (χ3n) is 4.95. The van der Waals surface area contributed by atoms with Crippen molar-refractivity contribution in [2.75, 3.05) is 0 Å². The van der Waals surface area contributed by atoms with Crippen molar-refractivity contribution in [2.45, 2.75) is 58.8 Å². The van der Waals surface area contributed by atoms with Crippen molar-refractivity contribution >= 4 is 15.9 Å². The molecule has 0 heterocycles. The van der Waals surface area contributed by atoms with E-state index >= 15 is 0 Å². The lowest BCUT2D eigenvalue weighted by Gasteiger charge is -2.23. The Morgan fingerprint density at radius 3 is 2.00 bits per heavy atom. The van der Waals surface area contributed by atoms with Crippen molar-refractivity contribution in [1.82, 2.24) is 0 Å². The normalized spacial score (nSPS) is 14.8. The molecule has 0 atom stereocenters. The minimum atomic E-state index is 0.216. The number of aryl methyl sites for hydroxylation is 4. The van der Waals surface area contributed by atoms with E-state index in [0.717, 1.165) is 25.7 Å². The Bertz CT molecular complexity index is 705. The number of benzene rings is 2. The molecule has 22 heavy (non-hydrogen) atoms. The molecule has 4 rings (SSSR count). The molecule has 0 aromatic heterocycles. The first kappa shape index (κ1) is 15.8. The summed E-state index contributed by atoms with van der Waals surface area (Å²) in [6, 6.07) is 11.8. The van der Waals surface area contributed by atoms with Crippen molar-refractivity contribution in [2.24, 2.45) is 0 Å². The summed E-state index contributed by atoms with van der Waals surface area (Å²) >= 11 is 3.75. The van der Waals surface area contributed by atoms with Gasteiger partial charge in [0.25, 0.3) is 0 Å². The van der Waals surface area contributed by atoms with Crippen LogP contribution in [-0.4, -0.2) is 0 Å². The van der Waals surface area contributed by atoms with E-state index in [1.165, 1.54) is 37.9 Å². The highest BCUT2D eigenvalue weighted by Crippen LogP contribution is 2.30. The lowest BCUT2D eigenvalue weighted by Crippen LogP contribution is -2.13. The second-order valence-corrected chi connectivity index (χ2v) is 8.45. The summed E-state index contributed by atoms with van der Waals surface area (Å²) in [4.78, 5) is 0. The minimum Gasteiger partial charge on any atom is -0.0587 e. The van der Waals surface area contributed by atoms with Gasteiger partial charge in [-0.3, -0.25) is 0 Å². The Labute approximate surface area is 143 Å². The molecule has 0 radical (unpaired) electrons. The molecular formula is C21H25Br. The zero-order valence-corrected chi connectivity index (χ0v) is 15.7. The van der Waals surface area contributed by atoms with Gasteiger partial charge in [-0.05, 0) is 77.5 Å². The smallest absolute Gasteiger partial charge is 0.0210 e. The van der Waals surface area contributed by atoms with Crippen LogP contribution in [0.4, 0.5) is 0 Å². The topological polar surface area (TPSA) is 0 Å². The predicted octanol–water partition coefficient (Wildman–Crippen LogP) is 5.94. The first-order valence-corrected chi connectivity index (χ1v) is 9.04. The van der Waals surface area contributed by atoms with Crippen LogP contribution in [-0.2, 0) is 31.1 Å². The monoisotopic (exact) mass is 356 g/mol. The maximum Gasteiger partial charge on any atom is 0.0210 e. The molecule has 0 saturated heterocycles. The molecule has 0 nitrogen and oxygen atoms in total. The Morgan fingerprint density at radius 1 is 0.818 bits per heavy atom. The molecule has 4 bridgehead atoms. The molecule has 2 aromatic carbocycles. The Morgan fingerprint density at radius 2 is 1.41 bits per heavy atom. The van der Waals surface area contributed by atoms with E-state index in [2.05, 4.69) is 74.0 Å². The number of hydrogen-bond acceptors (Lipinski definition) is 0. The van der Waals surface area contributed by atoms with E-state index in [1.807, 2.05) is 0 Å². The number of rotatable bonds is 0. The van der Waals surface area contributed by atoms with Crippen LogP contribution in [0.5, 0.6) is 0 Å². The standard InChI is InChI=1S/C21H25Br/c1-14-17-8-6-15-5-7-16(20(22)11-15)9-10-18(14)13-19(12-17)21(2,3)4/h5,7,11-13H,6,8-10H2,1-4H3. The maximum atomic E-state index is 3.75. The predicted molar refractivity (Wildman–Crippen MR) is 98.8 cm³/mol. The first-order chi connectivity index (χ1) is 10.3. The van der Waals surface area contributed by atoms with E-state index in [4.69, 9.17) is 0 Å². The van der Waals surface area contributed by atoms with E-state index in [0.29, 0.717) is 0 Å². The summed E-state index contributed by atoms with van der Waals surface area (Å²) in [6.45, 7) is 9.25. The zero-order chi connectivity index (χ0) is 15.9. The van der Waals surface area contributed by atoms with Crippen molar-refractivity contribution in [1.29, 1.82) is 0 Å². The summed E-state index contributed by atoms with van der Waals surface area (Å²) in [5, 5.41) is 0. The molecule has 0 spiro atoms. The van der Waals surface area contributed by atoms with Gasteiger partial charge >= 0.3 is 0 Å². The fraction of sp³-hybridized carbons (Fsp3) is 0.429. The SMILES string of the molecule is Cc1c2cc(C(C)(C)C)cc1CCc1ccc(cc1Br)CC2. The molecule has 2 aliphatic rings. The minimum absolute atomic E-state index is 0.216. The van der Waals surface area contributed by atoms with Crippen LogP contribution in [0, 0.1) is 6.92 Å². The van der Waals surface area contributed by atoms with Crippen LogP contribution >= 0.6 is 15.9 Å². The molecule has 0 fully saturated rings. The van der Waals surface area contributed by atoms with Gasteiger partial charge in [0.1, 0.15) is 0 Å². The quantitative estimate of drug-likeness (QED) is 0.547. The van der Waals surface area contributed by atoms with Gasteiger partial charge < -0.3 is 0 Å². The fourth-order valence-electron chi connectivity index (χ4n) is 3.29. The number of hydrogen-bond donors (Lipinski definition) is 0. The number of fused-ring (bicyclic) bond motifs is 4. The average molecular weight is 357 g/mol. The summed E-state index contributed by atoms with van der Waals surface area (Å²) in [5.74, 6) is 0. The lowest BCUT2D eigenvalue weighted by molar-refractivity contribution is 0.587. The van der Waals surface area contributed by atoms with Gasteiger partial charge in [-0.15, -0.1) is 0 Å². The second-order valence-electron chi connectivity index (χ2n) is 7.60. The average Bonchev–Trinajstić information content (AvgIpc) is 2.46.